The lowest BCUT2D eigenvalue weighted by Crippen LogP contribution is -2.40. The molecule has 0 aromatic heterocycles. The van der Waals surface area contributed by atoms with Crippen LogP contribution in [0.2, 0.25) is 0 Å². The molecule has 0 saturated carbocycles. The highest BCUT2D eigenvalue weighted by Crippen LogP contribution is 2.04. The summed E-state index contributed by atoms with van der Waals surface area (Å²) < 4.78 is 11.6. The molecule has 3 atom stereocenters. The number of hydrogen-bond acceptors (Lipinski definition) is 5. The second-order valence-corrected chi connectivity index (χ2v) is 2.37. The summed E-state index contributed by atoms with van der Waals surface area (Å²) in [4.78, 5) is 9.79. The van der Waals surface area contributed by atoms with Gasteiger partial charge in [-0.2, -0.15) is 4.39 Å². The SMILES string of the molecule is O=C(F)C[C@H](O)[C@H](O)[C@H](O)CO. The number of halogens is 1. The molecule has 0 heterocycles. The molecule has 0 aliphatic carbocycles. The van der Waals surface area contributed by atoms with E-state index in [9.17, 15) is 9.18 Å². The van der Waals surface area contributed by atoms with Gasteiger partial charge in [0.25, 0.3) is 0 Å². The van der Waals surface area contributed by atoms with E-state index in [1.165, 1.54) is 0 Å². The van der Waals surface area contributed by atoms with Gasteiger partial charge in [0.05, 0.1) is 19.1 Å². The van der Waals surface area contributed by atoms with Crippen molar-refractivity contribution >= 4 is 6.04 Å². The zero-order chi connectivity index (χ0) is 9.72. The van der Waals surface area contributed by atoms with Gasteiger partial charge in [0.15, 0.2) is 0 Å². The van der Waals surface area contributed by atoms with E-state index >= 15 is 0 Å². The van der Waals surface area contributed by atoms with Crippen molar-refractivity contribution < 1.29 is 29.6 Å². The molecule has 0 amide bonds. The van der Waals surface area contributed by atoms with E-state index in [0.29, 0.717) is 0 Å². The fourth-order valence-electron chi connectivity index (χ4n) is 0.650. The highest BCUT2D eigenvalue weighted by atomic mass is 19.1. The van der Waals surface area contributed by atoms with Crippen LogP contribution in [0, 0.1) is 0 Å². The van der Waals surface area contributed by atoms with Crippen molar-refractivity contribution in [1.82, 2.24) is 0 Å². The monoisotopic (exact) mass is 182 g/mol. The number of aliphatic hydroxyl groups excluding tert-OH is 4. The summed E-state index contributed by atoms with van der Waals surface area (Å²) in [5.41, 5.74) is 0. The lowest BCUT2D eigenvalue weighted by Gasteiger charge is -2.19. The minimum Gasteiger partial charge on any atom is -0.394 e. The maximum atomic E-state index is 11.6. The van der Waals surface area contributed by atoms with Crippen molar-refractivity contribution in [1.29, 1.82) is 0 Å². The first-order chi connectivity index (χ1) is 5.49. The first-order valence-electron chi connectivity index (χ1n) is 3.32. The molecule has 0 saturated heterocycles. The number of hydrogen-bond donors (Lipinski definition) is 4. The van der Waals surface area contributed by atoms with Crippen LogP contribution in [-0.4, -0.2) is 51.4 Å². The van der Waals surface area contributed by atoms with Gasteiger partial charge >= 0.3 is 6.04 Å². The van der Waals surface area contributed by atoms with Crippen LogP contribution in [0.15, 0.2) is 0 Å². The highest BCUT2D eigenvalue weighted by molar-refractivity contribution is 5.68. The molecule has 0 bridgehead atoms. The average Bonchev–Trinajstić information content (AvgIpc) is 2.00. The maximum absolute atomic E-state index is 11.6. The summed E-state index contributed by atoms with van der Waals surface area (Å²) in [6.45, 7) is -0.765. The lowest BCUT2D eigenvalue weighted by molar-refractivity contribution is -0.136. The van der Waals surface area contributed by atoms with Gasteiger partial charge in [-0.3, -0.25) is 4.79 Å². The Kier molecular flexibility index (Phi) is 4.91. The summed E-state index contributed by atoms with van der Waals surface area (Å²) in [6, 6.07) is -1.79. The third-order valence-electron chi connectivity index (χ3n) is 1.35. The molecule has 0 radical (unpaired) electrons. The number of carbonyl (C=O) groups is 1. The van der Waals surface area contributed by atoms with E-state index in [0.717, 1.165) is 0 Å². The first kappa shape index (κ1) is 11.4. The van der Waals surface area contributed by atoms with E-state index < -0.39 is 37.4 Å². The van der Waals surface area contributed by atoms with Crippen LogP contribution >= 0.6 is 0 Å². The maximum Gasteiger partial charge on any atom is 0.304 e. The van der Waals surface area contributed by atoms with Gasteiger partial charge in [0.2, 0.25) is 0 Å². The van der Waals surface area contributed by atoms with Crippen LogP contribution in [0.3, 0.4) is 0 Å². The smallest absolute Gasteiger partial charge is 0.304 e. The minimum absolute atomic E-state index is 0.765. The normalized spacial score (nSPS) is 18.4. The molecule has 0 rings (SSSR count). The van der Waals surface area contributed by atoms with Crippen LogP contribution in [0.25, 0.3) is 0 Å². The second kappa shape index (κ2) is 5.15. The zero-order valence-electron chi connectivity index (χ0n) is 6.22. The fraction of sp³-hybridized carbons (Fsp3) is 0.833. The Balaban J connectivity index is 3.91. The molecule has 5 nitrogen and oxygen atoms in total. The Morgan fingerprint density at radius 2 is 1.75 bits per heavy atom. The Labute approximate surface area is 68.1 Å². The van der Waals surface area contributed by atoms with E-state index in [1.54, 1.807) is 0 Å². The number of carbonyl (C=O) groups excluding carboxylic acids is 1. The fourth-order valence-corrected chi connectivity index (χ4v) is 0.650. The van der Waals surface area contributed by atoms with Gasteiger partial charge < -0.3 is 20.4 Å². The van der Waals surface area contributed by atoms with Gasteiger partial charge in [-0.25, -0.2) is 0 Å². The van der Waals surface area contributed by atoms with Crippen molar-refractivity contribution in [2.75, 3.05) is 6.61 Å². The molecule has 4 N–H and O–H groups in total. The minimum atomic E-state index is -1.79. The molecule has 0 spiro atoms. The molecule has 0 aromatic carbocycles. The zero-order valence-corrected chi connectivity index (χ0v) is 6.22. The molecule has 72 valence electrons. The van der Waals surface area contributed by atoms with Crippen LogP contribution in [-0.2, 0) is 4.79 Å². The van der Waals surface area contributed by atoms with Gasteiger partial charge in [0.1, 0.15) is 12.2 Å². The predicted octanol–water partition coefficient (Wildman–Crippen LogP) is -2.05. The van der Waals surface area contributed by atoms with Crippen molar-refractivity contribution in [2.24, 2.45) is 0 Å². The Hall–Kier alpha value is -0.560. The van der Waals surface area contributed by atoms with Gasteiger partial charge in [-0.1, -0.05) is 0 Å². The molecule has 6 heteroatoms. The van der Waals surface area contributed by atoms with E-state index in [4.69, 9.17) is 20.4 Å². The third-order valence-corrected chi connectivity index (χ3v) is 1.35. The lowest BCUT2D eigenvalue weighted by atomic mass is 10.1. The summed E-state index contributed by atoms with van der Waals surface area (Å²) >= 11 is 0. The first-order valence-corrected chi connectivity index (χ1v) is 3.32. The largest absolute Gasteiger partial charge is 0.394 e. The van der Waals surface area contributed by atoms with Crippen LogP contribution in [0.5, 0.6) is 0 Å². The summed E-state index contributed by atoms with van der Waals surface area (Å²) in [6.07, 6.45) is -5.86. The van der Waals surface area contributed by atoms with Gasteiger partial charge in [-0.05, 0) is 0 Å². The topological polar surface area (TPSA) is 98.0 Å². The Bertz CT molecular complexity index is 151. The summed E-state index contributed by atoms with van der Waals surface area (Å²) in [7, 11) is 0. The molecule has 0 aromatic rings. The Morgan fingerprint density at radius 3 is 2.08 bits per heavy atom. The molecule has 0 aliphatic rings. The molecular weight excluding hydrogens is 171 g/mol. The van der Waals surface area contributed by atoms with Gasteiger partial charge in [0, 0.05) is 0 Å². The van der Waals surface area contributed by atoms with Crippen LogP contribution in [0.1, 0.15) is 6.42 Å². The second-order valence-electron chi connectivity index (χ2n) is 2.37. The average molecular weight is 182 g/mol. The summed E-state index contributed by atoms with van der Waals surface area (Å²) in [5.74, 6) is 0. The molecule has 0 unspecified atom stereocenters. The van der Waals surface area contributed by atoms with E-state index in [2.05, 4.69) is 0 Å². The number of aliphatic hydroxyl groups is 4. The molecule has 12 heavy (non-hydrogen) atoms. The Morgan fingerprint density at radius 1 is 1.25 bits per heavy atom. The predicted molar refractivity (Wildman–Crippen MR) is 35.8 cm³/mol. The molecule has 0 aliphatic heterocycles. The molecule has 0 fully saturated rings. The summed E-state index contributed by atoms with van der Waals surface area (Å²) in [5, 5.41) is 34.7. The van der Waals surface area contributed by atoms with Crippen molar-refractivity contribution in [3.05, 3.63) is 0 Å². The van der Waals surface area contributed by atoms with Crippen molar-refractivity contribution in [3.63, 3.8) is 0 Å². The van der Waals surface area contributed by atoms with E-state index in [1.807, 2.05) is 0 Å². The van der Waals surface area contributed by atoms with Crippen LogP contribution in [0.4, 0.5) is 4.39 Å². The van der Waals surface area contributed by atoms with E-state index in [-0.39, 0.29) is 0 Å². The van der Waals surface area contributed by atoms with Crippen LogP contribution < -0.4 is 0 Å². The third kappa shape index (κ3) is 3.72. The quantitative estimate of drug-likeness (QED) is 0.367. The van der Waals surface area contributed by atoms with Gasteiger partial charge in [-0.15, -0.1) is 0 Å². The van der Waals surface area contributed by atoms with Crippen molar-refractivity contribution in [2.45, 2.75) is 24.7 Å². The molecular formula is C6H11FO5. The highest BCUT2D eigenvalue weighted by Gasteiger charge is 2.25. The van der Waals surface area contributed by atoms with Crippen molar-refractivity contribution in [3.8, 4) is 0 Å². The standard InChI is InChI=1S/C6H11FO5/c7-5(11)1-3(9)6(12)4(10)2-8/h3-4,6,8-10,12H,1-2H2/t3-,4+,6-/m0/s1. The number of rotatable bonds is 5.